The molecule has 0 radical (unpaired) electrons. The molecule has 1 fully saturated rings. The number of halogens is 4. The topological polar surface area (TPSA) is 125 Å². The van der Waals surface area contributed by atoms with Gasteiger partial charge in [0.05, 0.1) is 21.6 Å². The summed E-state index contributed by atoms with van der Waals surface area (Å²) in [6, 6.07) is 15.2. The number of hydrogen-bond acceptors (Lipinski definition) is 7. The fraction of sp³-hybridized carbons (Fsp3) is 0.233. The second kappa shape index (κ2) is 11.2. The number of nitrogens with one attached hydrogen (secondary N) is 4. The van der Waals surface area contributed by atoms with Crippen molar-refractivity contribution < 1.29 is 30.8 Å². The smallest absolute Gasteiger partial charge is 0.369 e. The number of carbonyl (C=O) groups is 1. The fourth-order valence-electron chi connectivity index (χ4n) is 5.16. The van der Waals surface area contributed by atoms with Crippen LogP contribution in [0.2, 0.25) is 0 Å². The molecular formula is C30H26F4N6O3S. The lowest BCUT2D eigenvalue weighted by atomic mass is 9.90. The van der Waals surface area contributed by atoms with Crippen LogP contribution in [0.15, 0.2) is 77.8 Å². The average Bonchev–Trinajstić information content (AvgIpc) is 3.80. The monoisotopic (exact) mass is 626 g/mol. The van der Waals surface area contributed by atoms with Gasteiger partial charge in [0.1, 0.15) is 11.6 Å². The van der Waals surface area contributed by atoms with Crippen LogP contribution in [0.1, 0.15) is 30.4 Å². The molecule has 2 heterocycles. The molecule has 0 saturated heterocycles. The van der Waals surface area contributed by atoms with Gasteiger partial charge in [-0.05, 0) is 66.8 Å². The van der Waals surface area contributed by atoms with Gasteiger partial charge in [-0.15, -0.1) is 0 Å². The molecule has 4 N–H and O–H groups in total. The highest BCUT2D eigenvalue weighted by molar-refractivity contribution is 7.89. The molecule has 1 aliphatic carbocycles. The van der Waals surface area contributed by atoms with Crippen molar-refractivity contribution in [2.45, 2.75) is 35.7 Å². The lowest BCUT2D eigenvalue weighted by molar-refractivity contribution is -0.138. The Bertz CT molecular complexity index is 1860. The summed E-state index contributed by atoms with van der Waals surface area (Å²) in [5, 5.41) is 8.61. The predicted molar refractivity (Wildman–Crippen MR) is 156 cm³/mol. The predicted octanol–water partition coefficient (Wildman–Crippen LogP) is 5.81. The van der Waals surface area contributed by atoms with Crippen LogP contribution in [0.25, 0.3) is 11.1 Å². The Balaban J connectivity index is 1.26. The van der Waals surface area contributed by atoms with Gasteiger partial charge in [-0.3, -0.25) is 4.79 Å². The number of rotatable bonds is 4. The zero-order valence-electron chi connectivity index (χ0n) is 23.0. The molecule has 1 aromatic heterocycles. The number of aromatic nitrogens is 2. The van der Waals surface area contributed by atoms with Crippen LogP contribution in [0.5, 0.6) is 0 Å². The van der Waals surface area contributed by atoms with E-state index in [9.17, 15) is 26.4 Å². The highest BCUT2D eigenvalue weighted by atomic mass is 32.2. The number of fused-ring (bicyclic) bond motifs is 4. The first kappa shape index (κ1) is 29.5. The largest absolute Gasteiger partial charge is 0.416 e. The van der Waals surface area contributed by atoms with Crippen LogP contribution in [-0.2, 0) is 26.4 Å². The molecule has 14 heteroatoms. The average molecular weight is 627 g/mol. The maximum atomic E-state index is 15.4. The molecule has 3 aromatic carbocycles. The number of benzene rings is 3. The molecule has 2 aliphatic rings. The van der Waals surface area contributed by atoms with Gasteiger partial charge < -0.3 is 16.0 Å². The first-order valence-corrected chi connectivity index (χ1v) is 15.2. The van der Waals surface area contributed by atoms with Crippen LogP contribution >= 0.6 is 0 Å². The van der Waals surface area contributed by atoms with Crippen molar-refractivity contribution in [3.8, 4) is 11.1 Å². The van der Waals surface area contributed by atoms with Crippen molar-refractivity contribution in [1.82, 2.24) is 14.7 Å². The van der Waals surface area contributed by atoms with E-state index in [0.29, 0.717) is 35.6 Å². The van der Waals surface area contributed by atoms with Crippen LogP contribution in [-0.4, -0.2) is 37.4 Å². The standard InChI is InChI=1S/C30H26F4N6O3S/c31-24-15-18(9-10-25(24)39-27(41)29(11-12-29)22-7-1-2-8-23(22)30(32,33)34)21-17-36-28-38-19-5-3-6-20(16-19)44(42,43)37-14-4-13-35-26(21)40-28/h1-3,5-10,15-17,37H,4,11-14H2,(H,39,41)(H2,35,36,38,40). The van der Waals surface area contributed by atoms with Crippen molar-refractivity contribution in [2.24, 2.45) is 0 Å². The molecule has 0 spiro atoms. The summed E-state index contributed by atoms with van der Waals surface area (Å²) in [7, 11) is -3.71. The number of anilines is 4. The first-order valence-electron chi connectivity index (χ1n) is 13.7. The van der Waals surface area contributed by atoms with Crippen LogP contribution in [0.3, 0.4) is 0 Å². The van der Waals surface area contributed by atoms with Gasteiger partial charge in [0, 0.05) is 30.5 Å². The maximum absolute atomic E-state index is 15.4. The van der Waals surface area contributed by atoms with Crippen LogP contribution in [0, 0.1) is 5.82 Å². The Hall–Kier alpha value is -4.56. The summed E-state index contributed by atoms with van der Waals surface area (Å²) in [5.74, 6) is -0.964. The SMILES string of the molecule is O=C(Nc1ccc(-c2cnc3nc2NCCCNS(=O)(=O)c2cccc(c2)N3)cc1F)C1(c2ccccc2C(F)(F)F)CC1. The molecule has 4 bridgehead atoms. The lowest BCUT2D eigenvalue weighted by Gasteiger charge is -2.21. The van der Waals surface area contributed by atoms with E-state index < -0.39 is 38.9 Å². The van der Waals surface area contributed by atoms with E-state index >= 15 is 4.39 Å². The maximum Gasteiger partial charge on any atom is 0.416 e. The number of amides is 1. The Labute approximate surface area is 250 Å². The summed E-state index contributed by atoms with van der Waals surface area (Å²) in [4.78, 5) is 22.1. The zero-order chi connectivity index (χ0) is 31.1. The fourth-order valence-corrected chi connectivity index (χ4v) is 6.28. The zero-order valence-corrected chi connectivity index (χ0v) is 23.8. The lowest BCUT2D eigenvalue weighted by Crippen LogP contribution is -2.30. The molecule has 1 amide bonds. The highest BCUT2D eigenvalue weighted by Gasteiger charge is 2.54. The summed E-state index contributed by atoms with van der Waals surface area (Å²) in [5.41, 5.74) is -1.30. The Morgan fingerprint density at radius 2 is 1.77 bits per heavy atom. The van der Waals surface area contributed by atoms with Crippen molar-refractivity contribution in [2.75, 3.05) is 29.0 Å². The summed E-state index contributed by atoms with van der Waals surface area (Å²) in [6.07, 6.45) is -2.30. The molecule has 9 nitrogen and oxygen atoms in total. The third-order valence-corrected chi connectivity index (χ3v) is 9.05. The first-order chi connectivity index (χ1) is 21.0. The van der Waals surface area contributed by atoms with Crippen molar-refractivity contribution in [1.29, 1.82) is 0 Å². The number of nitrogens with zero attached hydrogens (tertiary/aromatic N) is 2. The number of hydrogen-bond donors (Lipinski definition) is 4. The number of sulfonamides is 1. The molecule has 0 unspecified atom stereocenters. The van der Waals surface area contributed by atoms with E-state index in [-0.39, 0.29) is 41.5 Å². The Morgan fingerprint density at radius 1 is 0.977 bits per heavy atom. The van der Waals surface area contributed by atoms with Gasteiger partial charge >= 0.3 is 6.18 Å². The highest BCUT2D eigenvalue weighted by Crippen LogP contribution is 2.52. The minimum atomic E-state index is -4.63. The Morgan fingerprint density at radius 3 is 2.52 bits per heavy atom. The molecule has 0 atom stereocenters. The van der Waals surface area contributed by atoms with Gasteiger partial charge in [0.15, 0.2) is 0 Å². The molecule has 4 aromatic rings. The van der Waals surface area contributed by atoms with Crippen molar-refractivity contribution in [3.05, 3.63) is 89.9 Å². The normalized spacial score (nSPS) is 17.1. The van der Waals surface area contributed by atoms with Gasteiger partial charge in [0.25, 0.3) is 0 Å². The van der Waals surface area contributed by atoms with Gasteiger partial charge in [-0.25, -0.2) is 22.5 Å². The van der Waals surface area contributed by atoms with Crippen molar-refractivity contribution in [3.63, 3.8) is 0 Å². The van der Waals surface area contributed by atoms with Gasteiger partial charge in [0.2, 0.25) is 21.9 Å². The Kier molecular flexibility index (Phi) is 7.49. The van der Waals surface area contributed by atoms with E-state index in [0.717, 1.165) is 6.07 Å². The summed E-state index contributed by atoms with van der Waals surface area (Å²) in [6.45, 7) is 0.500. The molecule has 6 rings (SSSR count). The third-order valence-electron chi connectivity index (χ3n) is 7.59. The van der Waals surface area contributed by atoms with Crippen LogP contribution in [0.4, 0.5) is 40.7 Å². The van der Waals surface area contributed by atoms with E-state index in [1.54, 1.807) is 18.2 Å². The van der Waals surface area contributed by atoms with E-state index in [1.807, 2.05) is 0 Å². The van der Waals surface area contributed by atoms with Gasteiger partial charge in [-0.1, -0.05) is 30.3 Å². The van der Waals surface area contributed by atoms with E-state index in [4.69, 9.17) is 0 Å². The van der Waals surface area contributed by atoms with Gasteiger partial charge in [-0.2, -0.15) is 18.2 Å². The van der Waals surface area contributed by atoms with Crippen molar-refractivity contribution >= 4 is 39.1 Å². The van der Waals surface area contributed by atoms with Crippen LogP contribution < -0.4 is 20.7 Å². The molecule has 44 heavy (non-hydrogen) atoms. The minimum Gasteiger partial charge on any atom is -0.369 e. The third kappa shape index (κ3) is 5.82. The molecule has 228 valence electrons. The second-order valence-corrected chi connectivity index (χ2v) is 12.3. The quantitative estimate of drug-likeness (QED) is 0.211. The summed E-state index contributed by atoms with van der Waals surface area (Å²) < 4.78 is 84.1. The summed E-state index contributed by atoms with van der Waals surface area (Å²) >= 11 is 0. The van der Waals surface area contributed by atoms with E-state index in [2.05, 4.69) is 30.6 Å². The molecule has 1 aliphatic heterocycles. The second-order valence-electron chi connectivity index (χ2n) is 10.6. The molecule has 1 saturated carbocycles. The minimum absolute atomic E-state index is 0.0892. The number of alkyl halides is 3. The van der Waals surface area contributed by atoms with E-state index in [1.165, 1.54) is 48.7 Å². The molecular weight excluding hydrogens is 600 g/mol. The number of carbonyl (C=O) groups excluding carboxylic acids is 1.